The first-order chi connectivity index (χ1) is 8.31. The molecule has 6 heteroatoms. The summed E-state index contributed by atoms with van der Waals surface area (Å²) in [6.07, 6.45) is 0.664. The van der Waals surface area contributed by atoms with Gasteiger partial charge in [-0.15, -0.1) is 0 Å². The Morgan fingerprint density at radius 3 is 2.56 bits per heavy atom. The first-order valence-electron chi connectivity index (χ1n) is 5.83. The van der Waals surface area contributed by atoms with Crippen molar-refractivity contribution in [2.24, 2.45) is 5.73 Å². The van der Waals surface area contributed by atoms with Crippen molar-refractivity contribution in [3.05, 3.63) is 29.1 Å². The Morgan fingerprint density at radius 1 is 1.44 bits per heavy atom. The van der Waals surface area contributed by atoms with Gasteiger partial charge in [-0.05, 0) is 38.0 Å². The fourth-order valence-electron chi connectivity index (χ4n) is 1.52. The molecule has 0 amide bonds. The first kappa shape index (κ1) is 15.1. The third-order valence-electron chi connectivity index (χ3n) is 2.85. The van der Waals surface area contributed by atoms with Crippen molar-refractivity contribution in [2.75, 3.05) is 0 Å². The summed E-state index contributed by atoms with van der Waals surface area (Å²) in [5.41, 5.74) is 6.00. The lowest BCUT2D eigenvalue weighted by atomic mass is 10.1. The van der Waals surface area contributed by atoms with Crippen LogP contribution >= 0.6 is 0 Å². The normalized spacial score (nSPS) is 13.6. The lowest BCUT2D eigenvalue weighted by Gasteiger charge is -2.15. The molecule has 1 aromatic carbocycles. The molecule has 0 aliphatic rings. The van der Waals surface area contributed by atoms with Gasteiger partial charge in [-0.1, -0.05) is 6.92 Å². The monoisotopic (exact) mass is 274 g/mol. The van der Waals surface area contributed by atoms with Crippen LogP contribution in [-0.4, -0.2) is 14.5 Å². The maximum Gasteiger partial charge on any atom is 0.241 e. The van der Waals surface area contributed by atoms with E-state index in [0.29, 0.717) is 12.0 Å². The highest BCUT2D eigenvalue weighted by Crippen LogP contribution is 2.20. The Balaban J connectivity index is 3.27. The lowest BCUT2D eigenvalue weighted by Crippen LogP contribution is -2.32. The van der Waals surface area contributed by atoms with Gasteiger partial charge in [0.1, 0.15) is 5.82 Å². The van der Waals surface area contributed by atoms with E-state index in [9.17, 15) is 12.8 Å². The predicted molar refractivity (Wildman–Crippen MR) is 69.1 cm³/mol. The minimum atomic E-state index is -3.70. The third kappa shape index (κ3) is 3.28. The van der Waals surface area contributed by atoms with Crippen LogP contribution in [-0.2, 0) is 16.6 Å². The zero-order chi connectivity index (χ0) is 13.9. The summed E-state index contributed by atoms with van der Waals surface area (Å²) in [7, 11) is -3.70. The zero-order valence-corrected chi connectivity index (χ0v) is 11.6. The van der Waals surface area contributed by atoms with E-state index in [0.717, 1.165) is 0 Å². The number of nitrogens with one attached hydrogen (secondary N) is 1. The van der Waals surface area contributed by atoms with E-state index in [4.69, 9.17) is 5.73 Å². The van der Waals surface area contributed by atoms with Crippen molar-refractivity contribution in [1.82, 2.24) is 4.72 Å². The highest BCUT2D eigenvalue weighted by Gasteiger charge is 2.21. The molecule has 0 fully saturated rings. The molecule has 0 aliphatic carbocycles. The molecule has 0 aromatic heterocycles. The van der Waals surface area contributed by atoms with Crippen molar-refractivity contribution in [3.63, 3.8) is 0 Å². The first-order valence-corrected chi connectivity index (χ1v) is 7.31. The van der Waals surface area contributed by atoms with Crippen molar-refractivity contribution >= 4 is 10.0 Å². The van der Waals surface area contributed by atoms with Gasteiger partial charge in [0, 0.05) is 18.2 Å². The van der Waals surface area contributed by atoms with Gasteiger partial charge in [-0.2, -0.15) is 0 Å². The lowest BCUT2D eigenvalue weighted by molar-refractivity contribution is 0.551. The Morgan fingerprint density at radius 2 is 2.06 bits per heavy atom. The number of benzene rings is 1. The summed E-state index contributed by atoms with van der Waals surface area (Å²) < 4.78 is 40.4. The van der Waals surface area contributed by atoms with Gasteiger partial charge in [0.25, 0.3) is 0 Å². The van der Waals surface area contributed by atoms with Gasteiger partial charge in [0.05, 0.1) is 4.90 Å². The summed E-state index contributed by atoms with van der Waals surface area (Å²) in [5, 5.41) is 0. The average Bonchev–Trinajstić information content (AvgIpc) is 2.31. The van der Waals surface area contributed by atoms with Crippen molar-refractivity contribution in [2.45, 2.75) is 44.7 Å². The fraction of sp³-hybridized carbons (Fsp3) is 0.500. The second-order valence-electron chi connectivity index (χ2n) is 4.34. The molecule has 3 N–H and O–H groups in total. The van der Waals surface area contributed by atoms with Crippen LogP contribution in [0, 0.1) is 12.7 Å². The SMILES string of the molecule is CCC(C)NS(=O)(=O)c1cc(CN)cc(F)c1C. The van der Waals surface area contributed by atoms with Crippen LogP contribution in [0.2, 0.25) is 0 Å². The topological polar surface area (TPSA) is 72.2 Å². The number of nitrogens with two attached hydrogens (primary N) is 1. The summed E-state index contributed by atoms with van der Waals surface area (Å²) >= 11 is 0. The number of hydrogen-bond acceptors (Lipinski definition) is 3. The van der Waals surface area contributed by atoms with E-state index in [1.807, 2.05) is 6.92 Å². The highest BCUT2D eigenvalue weighted by atomic mass is 32.2. The molecule has 1 rings (SSSR count). The van der Waals surface area contributed by atoms with Gasteiger partial charge in [0.15, 0.2) is 0 Å². The quantitative estimate of drug-likeness (QED) is 0.858. The van der Waals surface area contributed by atoms with Crippen LogP contribution in [0.4, 0.5) is 4.39 Å². The van der Waals surface area contributed by atoms with Crippen LogP contribution in [0.15, 0.2) is 17.0 Å². The van der Waals surface area contributed by atoms with Crippen LogP contribution < -0.4 is 10.5 Å². The molecule has 0 saturated carbocycles. The van der Waals surface area contributed by atoms with Gasteiger partial charge in [0.2, 0.25) is 10.0 Å². The molecule has 0 saturated heterocycles. The molecule has 18 heavy (non-hydrogen) atoms. The molecule has 4 nitrogen and oxygen atoms in total. The van der Waals surface area contributed by atoms with Gasteiger partial charge >= 0.3 is 0 Å². The van der Waals surface area contributed by atoms with E-state index in [1.54, 1.807) is 6.92 Å². The molecule has 0 aliphatic heterocycles. The Bertz CT molecular complexity index is 529. The van der Waals surface area contributed by atoms with E-state index in [2.05, 4.69) is 4.72 Å². The van der Waals surface area contributed by atoms with E-state index >= 15 is 0 Å². The van der Waals surface area contributed by atoms with Gasteiger partial charge in [-0.3, -0.25) is 0 Å². The minimum absolute atomic E-state index is 0.0387. The predicted octanol–water partition coefficient (Wildman–Crippen LogP) is 1.67. The fourth-order valence-corrected chi connectivity index (χ4v) is 3.15. The zero-order valence-electron chi connectivity index (χ0n) is 10.8. The smallest absolute Gasteiger partial charge is 0.241 e. The van der Waals surface area contributed by atoms with Gasteiger partial charge in [-0.25, -0.2) is 17.5 Å². The summed E-state index contributed by atoms with van der Waals surface area (Å²) in [6.45, 7) is 5.18. The standard InChI is InChI=1S/C12H19FN2O2S/c1-4-8(2)15-18(16,17)12-6-10(7-14)5-11(13)9(12)3/h5-6,8,15H,4,7,14H2,1-3H3. The molecule has 0 heterocycles. The van der Waals surface area contributed by atoms with Crippen molar-refractivity contribution in [1.29, 1.82) is 0 Å². The highest BCUT2D eigenvalue weighted by molar-refractivity contribution is 7.89. The molecular weight excluding hydrogens is 255 g/mol. The molecule has 0 radical (unpaired) electrons. The summed E-state index contributed by atoms with van der Waals surface area (Å²) in [4.78, 5) is -0.0387. The Kier molecular flexibility index (Phi) is 4.84. The third-order valence-corrected chi connectivity index (χ3v) is 4.57. The summed E-state index contributed by atoms with van der Waals surface area (Å²) in [5.74, 6) is -0.553. The second-order valence-corrected chi connectivity index (χ2v) is 6.02. The second kappa shape index (κ2) is 5.77. The van der Waals surface area contributed by atoms with Crippen LogP contribution in [0.3, 0.4) is 0 Å². The maximum absolute atomic E-state index is 13.6. The average molecular weight is 274 g/mol. The van der Waals surface area contributed by atoms with Crippen molar-refractivity contribution < 1.29 is 12.8 Å². The number of hydrogen-bond donors (Lipinski definition) is 2. The van der Waals surface area contributed by atoms with Crippen LogP contribution in [0.25, 0.3) is 0 Å². The molecule has 102 valence electrons. The van der Waals surface area contributed by atoms with Gasteiger partial charge < -0.3 is 5.73 Å². The Labute approximate surface area is 107 Å². The van der Waals surface area contributed by atoms with Crippen molar-refractivity contribution in [3.8, 4) is 0 Å². The minimum Gasteiger partial charge on any atom is -0.326 e. The van der Waals surface area contributed by atoms with Crippen LogP contribution in [0.1, 0.15) is 31.4 Å². The number of sulfonamides is 1. The molecular formula is C12H19FN2O2S. The number of halogens is 1. The van der Waals surface area contributed by atoms with E-state index in [-0.39, 0.29) is 23.0 Å². The summed E-state index contributed by atoms with van der Waals surface area (Å²) in [6, 6.07) is 2.49. The molecule has 1 unspecified atom stereocenters. The molecule has 1 aromatic rings. The van der Waals surface area contributed by atoms with E-state index < -0.39 is 15.8 Å². The van der Waals surface area contributed by atoms with E-state index in [1.165, 1.54) is 19.1 Å². The number of rotatable bonds is 5. The molecule has 1 atom stereocenters. The maximum atomic E-state index is 13.6. The molecule has 0 bridgehead atoms. The van der Waals surface area contributed by atoms with Crippen LogP contribution in [0.5, 0.6) is 0 Å². The molecule has 0 spiro atoms. The largest absolute Gasteiger partial charge is 0.326 e. The Hall–Kier alpha value is -0.980.